The fraction of sp³-hybridized carbons (Fsp3) is 1.00. The third kappa shape index (κ3) is 11.2. The van der Waals surface area contributed by atoms with Crippen molar-refractivity contribution in [2.24, 2.45) is 0 Å². The first-order chi connectivity index (χ1) is 10.2. The highest BCUT2D eigenvalue weighted by Gasteiger charge is 2.30. The van der Waals surface area contributed by atoms with E-state index in [1.807, 2.05) is 0 Å². The van der Waals surface area contributed by atoms with E-state index < -0.39 is 0 Å². The average molecular weight is 301 g/mol. The monoisotopic (exact) mass is 300 g/mol. The Hall–Kier alpha value is -0.0800. The molecule has 21 heavy (non-hydrogen) atoms. The minimum atomic E-state index is -0.298. The van der Waals surface area contributed by atoms with Crippen molar-refractivity contribution in [2.75, 3.05) is 13.2 Å². The van der Waals surface area contributed by atoms with Gasteiger partial charge in [0.05, 0.1) is 13.2 Å². The van der Waals surface area contributed by atoms with E-state index in [2.05, 4.69) is 27.7 Å². The Kier molecular flexibility index (Phi) is 14.8. The molecule has 0 spiro atoms. The van der Waals surface area contributed by atoms with Gasteiger partial charge in [-0.05, 0) is 25.7 Å². The maximum atomic E-state index is 6.28. The highest BCUT2D eigenvalue weighted by molar-refractivity contribution is 4.71. The van der Waals surface area contributed by atoms with Gasteiger partial charge >= 0.3 is 0 Å². The molecule has 0 rings (SSSR count). The molecule has 0 aromatic heterocycles. The molecule has 128 valence electrons. The van der Waals surface area contributed by atoms with Crippen LogP contribution in [0.1, 0.15) is 105 Å². The highest BCUT2D eigenvalue weighted by Crippen LogP contribution is 2.29. The van der Waals surface area contributed by atoms with Gasteiger partial charge in [0.2, 0.25) is 0 Å². The number of hydrogen-bond donors (Lipinski definition) is 0. The van der Waals surface area contributed by atoms with Crippen LogP contribution in [0.4, 0.5) is 0 Å². The first-order valence-corrected chi connectivity index (χ1v) is 9.52. The summed E-state index contributed by atoms with van der Waals surface area (Å²) in [6, 6.07) is 0. The lowest BCUT2D eigenvalue weighted by atomic mass is 10.0. The summed E-state index contributed by atoms with van der Waals surface area (Å²) in [5, 5.41) is 0. The predicted molar refractivity (Wildman–Crippen MR) is 92.7 cm³/mol. The van der Waals surface area contributed by atoms with Crippen LogP contribution >= 0.6 is 0 Å². The quantitative estimate of drug-likeness (QED) is 0.240. The smallest absolute Gasteiger partial charge is 0.168 e. The van der Waals surface area contributed by atoms with E-state index in [4.69, 9.17) is 9.47 Å². The Morgan fingerprint density at radius 1 is 0.524 bits per heavy atom. The van der Waals surface area contributed by atoms with Gasteiger partial charge in [-0.25, -0.2) is 0 Å². The third-order valence-electron chi connectivity index (χ3n) is 4.05. The molecule has 0 saturated heterocycles. The van der Waals surface area contributed by atoms with Crippen molar-refractivity contribution in [1.29, 1.82) is 0 Å². The molecule has 0 unspecified atom stereocenters. The van der Waals surface area contributed by atoms with E-state index >= 15 is 0 Å². The van der Waals surface area contributed by atoms with Gasteiger partial charge in [0.25, 0.3) is 0 Å². The lowest BCUT2D eigenvalue weighted by molar-refractivity contribution is -0.247. The second kappa shape index (κ2) is 14.8. The largest absolute Gasteiger partial charge is 0.350 e. The second-order valence-corrected chi connectivity index (χ2v) is 6.23. The summed E-state index contributed by atoms with van der Waals surface area (Å²) in [7, 11) is 0. The maximum absolute atomic E-state index is 6.28. The zero-order valence-corrected chi connectivity index (χ0v) is 15.2. The van der Waals surface area contributed by atoms with Crippen LogP contribution in [0.5, 0.6) is 0 Å². The third-order valence-corrected chi connectivity index (χ3v) is 4.05. The van der Waals surface area contributed by atoms with Gasteiger partial charge in [0.15, 0.2) is 5.79 Å². The molecule has 0 amide bonds. The van der Waals surface area contributed by atoms with Gasteiger partial charge in [0.1, 0.15) is 0 Å². The van der Waals surface area contributed by atoms with Crippen molar-refractivity contribution in [3.63, 3.8) is 0 Å². The summed E-state index contributed by atoms with van der Waals surface area (Å²) in [6.07, 6.45) is 14.3. The summed E-state index contributed by atoms with van der Waals surface area (Å²) in [5.74, 6) is -0.298. The molecule has 0 fully saturated rings. The zero-order valence-electron chi connectivity index (χ0n) is 15.2. The molecular formula is C19H40O2. The molecule has 0 aromatic rings. The Morgan fingerprint density at radius 3 is 1.48 bits per heavy atom. The number of unbranched alkanes of at least 4 members (excludes halogenated alkanes) is 6. The van der Waals surface area contributed by atoms with Gasteiger partial charge in [-0.3, -0.25) is 0 Å². The molecule has 0 aliphatic carbocycles. The summed E-state index contributed by atoms with van der Waals surface area (Å²) in [4.78, 5) is 0. The Balaban J connectivity index is 4.48. The summed E-state index contributed by atoms with van der Waals surface area (Å²) < 4.78 is 12.6. The molecular weight excluding hydrogens is 260 g/mol. The molecule has 0 aromatic carbocycles. The van der Waals surface area contributed by atoms with Gasteiger partial charge < -0.3 is 9.47 Å². The molecule has 0 aliphatic heterocycles. The SMILES string of the molecule is CCCCCCC(CCCC)(OCCCC)OCCCC. The Labute approximate surface area is 134 Å². The summed E-state index contributed by atoms with van der Waals surface area (Å²) in [5.41, 5.74) is 0. The van der Waals surface area contributed by atoms with E-state index in [0.29, 0.717) is 0 Å². The van der Waals surface area contributed by atoms with Crippen LogP contribution in [-0.2, 0) is 9.47 Å². The van der Waals surface area contributed by atoms with Crippen molar-refractivity contribution >= 4 is 0 Å². The van der Waals surface area contributed by atoms with Crippen LogP contribution in [0.3, 0.4) is 0 Å². The molecule has 0 N–H and O–H groups in total. The van der Waals surface area contributed by atoms with Crippen LogP contribution in [0.25, 0.3) is 0 Å². The fourth-order valence-corrected chi connectivity index (χ4v) is 2.53. The second-order valence-electron chi connectivity index (χ2n) is 6.23. The van der Waals surface area contributed by atoms with Crippen molar-refractivity contribution in [2.45, 2.75) is 111 Å². The lowest BCUT2D eigenvalue weighted by Gasteiger charge is -2.34. The van der Waals surface area contributed by atoms with Gasteiger partial charge in [-0.1, -0.05) is 66.2 Å². The first kappa shape index (κ1) is 20.9. The highest BCUT2D eigenvalue weighted by atomic mass is 16.7. The van der Waals surface area contributed by atoms with Crippen molar-refractivity contribution < 1.29 is 9.47 Å². The number of ether oxygens (including phenoxy) is 2. The fourth-order valence-electron chi connectivity index (χ4n) is 2.53. The van der Waals surface area contributed by atoms with Crippen molar-refractivity contribution in [3.8, 4) is 0 Å². The Bertz CT molecular complexity index is 194. The molecule has 2 heteroatoms. The molecule has 0 bridgehead atoms. The Morgan fingerprint density at radius 2 is 1.00 bits per heavy atom. The van der Waals surface area contributed by atoms with Crippen molar-refractivity contribution in [3.05, 3.63) is 0 Å². The molecule has 2 nitrogen and oxygen atoms in total. The van der Waals surface area contributed by atoms with E-state index in [1.165, 1.54) is 51.4 Å². The molecule has 0 atom stereocenters. The standard InChI is InChI=1S/C19H40O2/c1-5-9-13-14-16-19(15-10-6-2,20-17-11-7-3)21-18-12-8-4/h5-18H2,1-4H3. The summed E-state index contributed by atoms with van der Waals surface area (Å²) in [6.45, 7) is 10.6. The average Bonchev–Trinajstić information content (AvgIpc) is 2.50. The molecule has 0 aliphatic rings. The van der Waals surface area contributed by atoms with E-state index in [1.54, 1.807) is 0 Å². The lowest BCUT2D eigenvalue weighted by Crippen LogP contribution is -2.37. The van der Waals surface area contributed by atoms with E-state index in [-0.39, 0.29) is 5.79 Å². The van der Waals surface area contributed by atoms with E-state index in [0.717, 1.165) is 38.9 Å². The first-order valence-electron chi connectivity index (χ1n) is 9.52. The predicted octanol–water partition coefficient (Wildman–Crippen LogP) is 6.48. The molecule has 0 heterocycles. The van der Waals surface area contributed by atoms with Crippen LogP contribution < -0.4 is 0 Å². The topological polar surface area (TPSA) is 18.5 Å². The minimum absolute atomic E-state index is 0.298. The van der Waals surface area contributed by atoms with Crippen LogP contribution in [0.2, 0.25) is 0 Å². The number of rotatable bonds is 16. The van der Waals surface area contributed by atoms with E-state index in [9.17, 15) is 0 Å². The van der Waals surface area contributed by atoms with Crippen LogP contribution in [-0.4, -0.2) is 19.0 Å². The summed E-state index contributed by atoms with van der Waals surface area (Å²) >= 11 is 0. The number of hydrogen-bond acceptors (Lipinski definition) is 2. The van der Waals surface area contributed by atoms with Crippen molar-refractivity contribution in [1.82, 2.24) is 0 Å². The van der Waals surface area contributed by atoms with Crippen LogP contribution in [0.15, 0.2) is 0 Å². The maximum Gasteiger partial charge on any atom is 0.168 e. The van der Waals surface area contributed by atoms with Gasteiger partial charge in [0, 0.05) is 12.8 Å². The van der Waals surface area contributed by atoms with Gasteiger partial charge in [-0.15, -0.1) is 0 Å². The minimum Gasteiger partial charge on any atom is -0.350 e. The molecule has 0 saturated carbocycles. The zero-order chi connectivity index (χ0) is 15.8. The normalized spacial score (nSPS) is 12.0. The van der Waals surface area contributed by atoms with Crippen LogP contribution in [0, 0.1) is 0 Å². The van der Waals surface area contributed by atoms with Gasteiger partial charge in [-0.2, -0.15) is 0 Å². The molecule has 0 radical (unpaired) electrons.